The molecule has 0 spiro atoms. The van der Waals surface area contributed by atoms with Crippen LogP contribution in [0.2, 0.25) is 0 Å². The van der Waals surface area contributed by atoms with Gasteiger partial charge in [0, 0.05) is 10.0 Å². The monoisotopic (exact) mass is 349 g/mol. The molecule has 0 atom stereocenters. The summed E-state index contributed by atoms with van der Waals surface area (Å²) in [5.74, 6) is 1.22. The van der Waals surface area contributed by atoms with Crippen molar-refractivity contribution in [3.8, 4) is 11.5 Å². The second-order valence-electron chi connectivity index (χ2n) is 4.27. The summed E-state index contributed by atoms with van der Waals surface area (Å²) in [6.07, 6.45) is 0. The van der Waals surface area contributed by atoms with E-state index in [4.69, 9.17) is 9.47 Å². The van der Waals surface area contributed by atoms with Gasteiger partial charge >= 0.3 is 0 Å². The number of benzene rings is 2. The Hall–Kier alpha value is -2.01. The lowest BCUT2D eigenvalue weighted by atomic mass is 10.2. The van der Waals surface area contributed by atoms with Gasteiger partial charge in [-0.2, -0.15) is 0 Å². The molecule has 2 rings (SSSR count). The number of carbonyl (C=O) groups excluding carboxylic acids is 1. The summed E-state index contributed by atoms with van der Waals surface area (Å²) in [4.78, 5) is 11.9. The minimum atomic E-state index is -0.125. The molecule has 0 unspecified atom stereocenters. The van der Waals surface area contributed by atoms with Gasteiger partial charge in [-0.25, -0.2) is 0 Å². The Balaban J connectivity index is 1.81. The molecule has 21 heavy (non-hydrogen) atoms. The fraction of sp³-hybridized carbons (Fsp3) is 0.188. The number of carbonyl (C=O) groups is 1. The van der Waals surface area contributed by atoms with Crippen molar-refractivity contribution in [3.63, 3.8) is 0 Å². The second-order valence-corrected chi connectivity index (χ2v) is 5.18. The molecular weight excluding hydrogens is 334 g/mol. The van der Waals surface area contributed by atoms with E-state index in [1.54, 1.807) is 19.2 Å². The number of amides is 1. The predicted molar refractivity (Wildman–Crippen MR) is 85.0 cm³/mol. The summed E-state index contributed by atoms with van der Waals surface area (Å²) in [5.41, 5.74) is 0.613. The van der Waals surface area contributed by atoms with Crippen LogP contribution in [0, 0.1) is 0 Å². The molecule has 0 radical (unpaired) electrons. The van der Waals surface area contributed by atoms with Gasteiger partial charge in [0.25, 0.3) is 5.91 Å². The first-order valence-corrected chi connectivity index (χ1v) is 7.29. The van der Waals surface area contributed by atoms with Gasteiger partial charge in [-0.05, 0) is 30.3 Å². The van der Waals surface area contributed by atoms with Crippen LogP contribution < -0.4 is 14.8 Å². The third kappa shape index (κ3) is 4.49. The second kappa shape index (κ2) is 7.69. The number of hydrogen-bond donors (Lipinski definition) is 1. The van der Waals surface area contributed by atoms with E-state index >= 15 is 0 Å². The quantitative estimate of drug-likeness (QED) is 0.814. The topological polar surface area (TPSA) is 47.6 Å². The van der Waals surface area contributed by atoms with Crippen molar-refractivity contribution in [2.45, 2.75) is 0 Å². The molecule has 1 amide bonds. The lowest BCUT2D eigenvalue weighted by Gasteiger charge is -2.11. The van der Waals surface area contributed by atoms with Crippen LogP contribution in [0.5, 0.6) is 11.5 Å². The van der Waals surface area contributed by atoms with Crippen molar-refractivity contribution < 1.29 is 14.3 Å². The van der Waals surface area contributed by atoms with E-state index in [1.165, 1.54) is 0 Å². The molecule has 0 aliphatic heterocycles. The fourth-order valence-electron chi connectivity index (χ4n) is 1.80. The summed E-state index contributed by atoms with van der Waals surface area (Å²) < 4.78 is 11.7. The highest BCUT2D eigenvalue weighted by molar-refractivity contribution is 9.10. The molecule has 1 N–H and O–H groups in total. The Morgan fingerprint density at radius 3 is 2.62 bits per heavy atom. The molecule has 110 valence electrons. The first-order valence-electron chi connectivity index (χ1n) is 6.50. The van der Waals surface area contributed by atoms with Crippen LogP contribution in [0.15, 0.2) is 53.0 Å². The smallest absolute Gasteiger partial charge is 0.251 e. The molecule has 0 aliphatic rings. The van der Waals surface area contributed by atoms with Gasteiger partial charge in [0.1, 0.15) is 6.61 Å². The Labute approximate surface area is 132 Å². The zero-order valence-corrected chi connectivity index (χ0v) is 13.2. The molecule has 0 heterocycles. The SMILES string of the molecule is COc1ccccc1OCCNC(=O)c1cccc(Br)c1. The van der Waals surface area contributed by atoms with Crippen molar-refractivity contribution >= 4 is 21.8 Å². The molecule has 5 heteroatoms. The summed E-state index contributed by atoms with van der Waals surface area (Å²) in [6, 6.07) is 14.6. The molecule has 0 saturated heterocycles. The highest BCUT2D eigenvalue weighted by Gasteiger charge is 2.06. The summed E-state index contributed by atoms with van der Waals surface area (Å²) in [6.45, 7) is 0.795. The van der Waals surface area contributed by atoms with E-state index < -0.39 is 0 Å². The number of methoxy groups -OCH3 is 1. The summed E-state index contributed by atoms with van der Waals surface area (Å²) in [5, 5.41) is 2.81. The zero-order valence-electron chi connectivity index (χ0n) is 11.6. The van der Waals surface area contributed by atoms with E-state index in [9.17, 15) is 4.79 Å². The molecule has 2 aromatic carbocycles. The van der Waals surface area contributed by atoms with Gasteiger partial charge in [-0.1, -0.05) is 34.1 Å². The lowest BCUT2D eigenvalue weighted by Crippen LogP contribution is -2.28. The van der Waals surface area contributed by atoms with Gasteiger partial charge in [0.2, 0.25) is 0 Å². The van der Waals surface area contributed by atoms with Crippen LogP contribution in [0.4, 0.5) is 0 Å². The van der Waals surface area contributed by atoms with Crippen molar-refractivity contribution in [2.75, 3.05) is 20.3 Å². The molecule has 0 bridgehead atoms. The van der Waals surface area contributed by atoms with Gasteiger partial charge in [0.05, 0.1) is 13.7 Å². The number of para-hydroxylation sites is 2. The number of rotatable bonds is 6. The first-order chi connectivity index (χ1) is 10.2. The van der Waals surface area contributed by atoms with E-state index in [-0.39, 0.29) is 5.91 Å². The lowest BCUT2D eigenvalue weighted by molar-refractivity contribution is 0.0946. The van der Waals surface area contributed by atoms with E-state index in [1.807, 2.05) is 36.4 Å². The van der Waals surface area contributed by atoms with Gasteiger partial charge in [-0.3, -0.25) is 4.79 Å². The number of hydrogen-bond acceptors (Lipinski definition) is 3. The van der Waals surface area contributed by atoms with Crippen LogP contribution in [0.3, 0.4) is 0 Å². The zero-order chi connectivity index (χ0) is 15.1. The van der Waals surface area contributed by atoms with E-state index in [2.05, 4.69) is 21.2 Å². The van der Waals surface area contributed by atoms with Crippen molar-refractivity contribution in [2.24, 2.45) is 0 Å². The molecule has 0 aromatic heterocycles. The average molecular weight is 350 g/mol. The number of nitrogens with one attached hydrogen (secondary N) is 1. The number of halogens is 1. The minimum absolute atomic E-state index is 0.125. The predicted octanol–water partition coefficient (Wildman–Crippen LogP) is 3.27. The van der Waals surface area contributed by atoms with Crippen LogP contribution in [0.25, 0.3) is 0 Å². The third-order valence-corrected chi connectivity index (χ3v) is 3.29. The molecule has 0 fully saturated rings. The fourth-order valence-corrected chi connectivity index (χ4v) is 2.19. The highest BCUT2D eigenvalue weighted by atomic mass is 79.9. The summed E-state index contributed by atoms with van der Waals surface area (Å²) >= 11 is 3.34. The van der Waals surface area contributed by atoms with Crippen LogP contribution in [0.1, 0.15) is 10.4 Å². The van der Waals surface area contributed by atoms with Crippen molar-refractivity contribution in [1.82, 2.24) is 5.32 Å². The van der Waals surface area contributed by atoms with E-state index in [0.717, 1.165) is 4.47 Å². The van der Waals surface area contributed by atoms with Gasteiger partial charge in [-0.15, -0.1) is 0 Å². The molecular formula is C16H16BrNO3. The average Bonchev–Trinajstić information content (AvgIpc) is 2.51. The Morgan fingerprint density at radius 1 is 1.14 bits per heavy atom. The van der Waals surface area contributed by atoms with Crippen molar-refractivity contribution in [1.29, 1.82) is 0 Å². The first kappa shape index (κ1) is 15.4. The molecule has 4 nitrogen and oxygen atoms in total. The Kier molecular flexibility index (Phi) is 5.63. The Bertz CT molecular complexity index is 616. The maximum Gasteiger partial charge on any atom is 0.251 e. The molecule has 0 saturated carbocycles. The molecule has 0 aliphatic carbocycles. The van der Waals surface area contributed by atoms with Crippen molar-refractivity contribution in [3.05, 3.63) is 58.6 Å². The Morgan fingerprint density at radius 2 is 1.90 bits per heavy atom. The van der Waals surface area contributed by atoms with Gasteiger partial charge in [0.15, 0.2) is 11.5 Å². The largest absolute Gasteiger partial charge is 0.493 e. The molecule has 2 aromatic rings. The van der Waals surface area contributed by atoms with Crippen LogP contribution >= 0.6 is 15.9 Å². The normalized spacial score (nSPS) is 10.0. The van der Waals surface area contributed by atoms with Crippen LogP contribution in [-0.2, 0) is 0 Å². The minimum Gasteiger partial charge on any atom is -0.493 e. The third-order valence-electron chi connectivity index (χ3n) is 2.80. The standard InChI is InChI=1S/C16H16BrNO3/c1-20-14-7-2-3-8-15(14)21-10-9-18-16(19)12-5-4-6-13(17)11-12/h2-8,11H,9-10H2,1H3,(H,18,19). The van der Waals surface area contributed by atoms with Gasteiger partial charge < -0.3 is 14.8 Å². The maximum absolute atomic E-state index is 11.9. The van der Waals surface area contributed by atoms with Crippen LogP contribution in [-0.4, -0.2) is 26.2 Å². The van der Waals surface area contributed by atoms with E-state index in [0.29, 0.717) is 30.2 Å². The maximum atomic E-state index is 11.9. The number of ether oxygens (including phenoxy) is 2. The summed E-state index contributed by atoms with van der Waals surface area (Å²) in [7, 11) is 1.59. The highest BCUT2D eigenvalue weighted by Crippen LogP contribution is 2.25.